The number of carbonyl (C=O) groups excluding carboxylic acids is 2. The normalized spacial score (nSPS) is 22.4. The molecule has 2 amide bonds. The van der Waals surface area contributed by atoms with Crippen molar-refractivity contribution in [3.05, 3.63) is 0 Å². The van der Waals surface area contributed by atoms with Gasteiger partial charge >= 0.3 is 5.97 Å². The summed E-state index contributed by atoms with van der Waals surface area (Å²) in [5.74, 6) is -1.00. The smallest absolute Gasteiger partial charge is 0.328 e. The molecule has 20 heavy (non-hydrogen) atoms. The van der Waals surface area contributed by atoms with Gasteiger partial charge in [-0.25, -0.2) is 4.79 Å². The number of rotatable bonds is 6. The average molecular weight is 284 g/mol. The van der Waals surface area contributed by atoms with E-state index < -0.39 is 12.0 Å². The van der Waals surface area contributed by atoms with Crippen molar-refractivity contribution in [1.29, 1.82) is 0 Å². The molecule has 2 fully saturated rings. The summed E-state index contributed by atoms with van der Waals surface area (Å²) in [5, 5.41) is 11.8. The van der Waals surface area contributed by atoms with Gasteiger partial charge < -0.3 is 20.1 Å². The predicted molar refractivity (Wildman–Crippen MR) is 68.9 cm³/mol. The third-order valence-corrected chi connectivity index (χ3v) is 3.55. The molecule has 1 heterocycles. The Hall–Kier alpha value is -1.63. The van der Waals surface area contributed by atoms with Crippen LogP contribution in [0.25, 0.3) is 0 Å². The van der Waals surface area contributed by atoms with Gasteiger partial charge in [-0.15, -0.1) is 0 Å². The minimum Gasteiger partial charge on any atom is -0.480 e. The number of hydrogen-bond acceptors (Lipinski definition) is 4. The number of carboxylic acids is 1. The first-order chi connectivity index (χ1) is 9.59. The van der Waals surface area contributed by atoms with Crippen LogP contribution in [-0.2, 0) is 19.1 Å². The number of nitrogens with one attached hydrogen (secondary N) is 1. The molecule has 0 aromatic heterocycles. The van der Waals surface area contributed by atoms with E-state index in [1.807, 2.05) is 0 Å². The molecular formula is C13H20N2O5. The van der Waals surface area contributed by atoms with Crippen molar-refractivity contribution in [2.24, 2.45) is 5.92 Å². The van der Waals surface area contributed by atoms with Crippen LogP contribution in [0.4, 0.5) is 0 Å². The number of morpholine rings is 1. The highest BCUT2D eigenvalue weighted by atomic mass is 16.5. The largest absolute Gasteiger partial charge is 0.480 e. The van der Waals surface area contributed by atoms with E-state index in [9.17, 15) is 14.4 Å². The number of carbonyl (C=O) groups is 3. The van der Waals surface area contributed by atoms with Crippen LogP contribution in [0.2, 0.25) is 0 Å². The van der Waals surface area contributed by atoms with E-state index in [0.717, 1.165) is 12.8 Å². The molecule has 0 spiro atoms. The van der Waals surface area contributed by atoms with Crippen LogP contribution in [0.3, 0.4) is 0 Å². The summed E-state index contributed by atoms with van der Waals surface area (Å²) < 4.78 is 5.08. The second-order valence-corrected chi connectivity index (χ2v) is 5.18. The van der Waals surface area contributed by atoms with Gasteiger partial charge in [-0.3, -0.25) is 9.59 Å². The van der Waals surface area contributed by atoms with E-state index in [1.165, 1.54) is 4.90 Å². The Labute approximate surface area is 117 Å². The molecule has 1 atom stereocenters. The highest BCUT2D eigenvalue weighted by Crippen LogP contribution is 2.28. The fourth-order valence-corrected chi connectivity index (χ4v) is 2.19. The molecule has 2 rings (SSSR count). The molecular weight excluding hydrogens is 264 g/mol. The number of carboxylic acid groups (broad SMARTS) is 1. The number of nitrogens with zero attached hydrogens (tertiary/aromatic N) is 1. The van der Waals surface area contributed by atoms with Gasteiger partial charge in [0.2, 0.25) is 11.8 Å². The number of aliphatic carboxylic acids is 1. The van der Waals surface area contributed by atoms with Crippen LogP contribution in [0.1, 0.15) is 25.7 Å². The molecule has 2 N–H and O–H groups in total. The Morgan fingerprint density at radius 1 is 1.30 bits per heavy atom. The third-order valence-electron chi connectivity index (χ3n) is 3.55. The molecule has 7 nitrogen and oxygen atoms in total. The van der Waals surface area contributed by atoms with Crippen molar-refractivity contribution >= 4 is 17.8 Å². The molecule has 0 aromatic carbocycles. The van der Waals surface area contributed by atoms with Crippen LogP contribution in [-0.4, -0.2) is 60.1 Å². The van der Waals surface area contributed by atoms with Gasteiger partial charge in [-0.2, -0.15) is 0 Å². The van der Waals surface area contributed by atoms with Crippen molar-refractivity contribution in [2.45, 2.75) is 31.7 Å². The Balaban J connectivity index is 1.69. The standard InChI is InChI=1S/C13H20N2O5/c16-11(2-1-5-14-12(17)9-3-4-9)15-6-7-20-8-10(15)13(18)19/h9-10H,1-8H2,(H,14,17)(H,18,19). The summed E-state index contributed by atoms with van der Waals surface area (Å²) >= 11 is 0. The molecule has 0 aromatic rings. The fraction of sp³-hybridized carbons (Fsp3) is 0.769. The van der Waals surface area contributed by atoms with E-state index in [0.29, 0.717) is 26.1 Å². The minimum atomic E-state index is -1.04. The molecule has 0 bridgehead atoms. The molecule has 1 aliphatic carbocycles. The van der Waals surface area contributed by atoms with Crippen molar-refractivity contribution in [3.8, 4) is 0 Å². The van der Waals surface area contributed by atoms with Crippen molar-refractivity contribution < 1.29 is 24.2 Å². The lowest BCUT2D eigenvalue weighted by atomic mass is 10.2. The SMILES string of the molecule is O=C(NCCCC(=O)N1CCOCC1C(=O)O)C1CC1. The van der Waals surface area contributed by atoms with Gasteiger partial charge in [0.1, 0.15) is 0 Å². The monoisotopic (exact) mass is 284 g/mol. The first kappa shape index (κ1) is 14.8. The van der Waals surface area contributed by atoms with Crippen molar-refractivity contribution in [3.63, 3.8) is 0 Å². The lowest BCUT2D eigenvalue weighted by Gasteiger charge is -2.32. The van der Waals surface area contributed by atoms with Gasteiger partial charge in [0, 0.05) is 25.4 Å². The second kappa shape index (κ2) is 6.69. The van der Waals surface area contributed by atoms with E-state index in [2.05, 4.69) is 5.32 Å². The van der Waals surface area contributed by atoms with Crippen LogP contribution in [0.5, 0.6) is 0 Å². The van der Waals surface area contributed by atoms with Crippen molar-refractivity contribution in [1.82, 2.24) is 10.2 Å². The van der Waals surface area contributed by atoms with Crippen LogP contribution >= 0.6 is 0 Å². The Morgan fingerprint density at radius 2 is 2.05 bits per heavy atom. The predicted octanol–water partition coefficient (Wildman–Crippen LogP) is -0.395. The van der Waals surface area contributed by atoms with Crippen molar-refractivity contribution in [2.75, 3.05) is 26.3 Å². The zero-order valence-corrected chi connectivity index (χ0v) is 11.3. The summed E-state index contributed by atoms with van der Waals surface area (Å²) in [7, 11) is 0. The lowest BCUT2D eigenvalue weighted by Crippen LogP contribution is -2.52. The maximum absolute atomic E-state index is 12.0. The van der Waals surface area contributed by atoms with Crippen LogP contribution < -0.4 is 5.32 Å². The molecule has 7 heteroatoms. The Morgan fingerprint density at radius 3 is 2.70 bits per heavy atom. The minimum absolute atomic E-state index is 0.0412. The van der Waals surface area contributed by atoms with Gasteiger partial charge in [0.15, 0.2) is 6.04 Å². The van der Waals surface area contributed by atoms with Crippen LogP contribution in [0.15, 0.2) is 0 Å². The van der Waals surface area contributed by atoms with E-state index in [1.54, 1.807) is 0 Å². The third kappa shape index (κ3) is 3.93. The van der Waals surface area contributed by atoms with E-state index in [4.69, 9.17) is 9.84 Å². The summed E-state index contributed by atoms with van der Waals surface area (Å²) in [6.45, 7) is 1.18. The summed E-state index contributed by atoms with van der Waals surface area (Å²) in [5.41, 5.74) is 0. The lowest BCUT2D eigenvalue weighted by molar-refractivity contribution is -0.158. The molecule has 112 valence electrons. The molecule has 0 radical (unpaired) electrons. The van der Waals surface area contributed by atoms with E-state index >= 15 is 0 Å². The maximum atomic E-state index is 12.0. The summed E-state index contributed by atoms with van der Waals surface area (Å²) in [4.78, 5) is 35.8. The zero-order valence-electron chi connectivity index (χ0n) is 11.3. The molecule has 1 saturated carbocycles. The highest BCUT2D eigenvalue weighted by Gasteiger charge is 2.32. The van der Waals surface area contributed by atoms with E-state index in [-0.39, 0.29) is 30.8 Å². The molecule has 1 aliphatic heterocycles. The molecule has 2 aliphatic rings. The zero-order chi connectivity index (χ0) is 14.5. The molecule has 1 unspecified atom stereocenters. The maximum Gasteiger partial charge on any atom is 0.328 e. The van der Waals surface area contributed by atoms with Crippen LogP contribution in [0, 0.1) is 5.92 Å². The Kier molecular flexibility index (Phi) is 4.94. The summed E-state index contributed by atoms with van der Waals surface area (Å²) in [6.07, 6.45) is 2.69. The number of amides is 2. The number of ether oxygens (including phenoxy) is 1. The average Bonchev–Trinajstić information content (AvgIpc) is 3.27. The highest BCUT2D eigenvalue weighted by molar-refractivity contribution is 5.84. The quantitative estimate of drug-likeness (QED) is 0.647. The topological polar surface area (TPSA) is 95.9 Å². The Bertz CT molecular complexity index is 394. The second-order valence-electron chi connectivity index (χ2n) is 5.18. The first-order valence-electron chi connectivity index (χ1n) is 6.97. The summed E-state index contributed by atoms with van der Waals surface area (Å²) in [6, 6.07) is -0.891. The van der Waals surface area contributed by atoms with Gasteiger partial charge in [-0.05, 0) is 19.3 Å². The molecule has 1 saturated heterocycles. The van der Waals surface area contributed by atoms with Gasteiger partial charge in [0.05, 0.1) is 13.2 Å². The fourth-order valence-electron chi connectivity index (χ4n) is 2.19. The first-order valence-corrected chi connectivity index (χ1v) is 6.97. The number of hydrogen-bond donors (Lipinski definition) is 2. The van der Waals surface area contributed by atoms with Gasteiger partial charge in [-0.1, -0.05) is 0 Å². The van der Waals surface area contributed by atoms with Gasteiger partial charge in [0.25, 0.3) is 0 Å².